The Bertz CT molecular complexity index is 482. The number of aryl methyl sites for hydroxylation is 1. The molecule has 96 valence electrons. The molecule has 0 saturated carbocycles. The Morgan fingerprint density at radius 3 is 2.89 bits per heavy atom. The quantitative estimate of drug-likeness (QED) is 0.760. The second-order valence-corrected chi connectivity index (χ2v) is 3.66. The van der Waals surface area contributed by atoms with Crippen molar-refractivity contribution in [2.45, 2.75) is 6.54 Å². The number of hydrogen-bond acceptors (Lipinski definition) is 6. The van der Waals surface area contributed by atoms with Crippen LogP contribution in [0.2, 0.25) is 0 Å². The number of ether oxygens (including phenoxy) is 1. The highest BCUT2D eigenvalue weighted by atomic mass is 16.5. The first-order valence-corrected chi connectivity index (χ1v) is 5.56. The zero-order valence-electron chi connectivity index (χ0n) is 10.1. The van der Waals surface area contributed by atoms with Crippen molar-refractivity contribution in [3.8, 4) is 5.88 Å². The van der Waals surface area contributed by atoms with E-state index in [1.807, 2.05) is 13.1 Å². The summed E-state index contributed by atoms with van der Waals surface area (Å²) in [6.45, 7) is 0.859. The molecule has 0 saturated heterocycles. The molecule has 2 aromatic heterocycles. The van der Waals surface area contributed by atoms with Crippen LogP contribution < -0.4 is 10.1 Å². The minimum atomic E-state index is -0.0187. The van der Waals surface area contributed by atoms with Gasteiger partial charge >= 0.3 is 0 Å². The second-order valence-electron chi connectivity index (χ2n) is 3.66. The molecule has 0 unspecified atom stereocenters. The summed E-state index contributed by atoms with van der Waals surface area (Å²) in [7, 11) is 1.84. The molecule has 0 fully saturated rings. The smallest absolute Gasteiger partial charge is 0.213 e. The predicted octanol–water partition coefficient (Wildman–Crippen LogP) is 0.193. The summed E-state index contributed by atoms with van der Waals surface area (Å²) in [6, 6.07) is 3.61. The normalized spacial score (nSPS) is 10.3. The molecule has 0 radical (unpaired) electrons. The number of aliphatic hydroxyl groups is 1. The van der Waals surface area contributed by atoms with Crippen molar-refractivity contribution < 1.29 is 9.84 Å². The van der Waals surface area contributed by atoms with Crippen LogP contribution in [0.4, 0.5) is 5.69 Å². The van der Waals surface area contributed by atoms with Crippen LogP contribution >= 0.6 is 0 Å². The van der Waals surface area contributed by atoms with Gasteiger partial charge in [-0.25, -0.2) is 4.98 Å². The highest BCUT2D eigenvalue weighted by Gasteiger charge is 2.00. The van der Waals surface area contributed by atoms with Gasteiger partial charge in [0.05, 0.1) is 36.9 Å². The molecule has 0 aromatic carbocycles. The molecule has 0 spiro atoms. The van der Waals surface area contributed by atoms with E-state index in [4.69, 9.17) is 9.84 Å². The van der Waals surface area contributed by atoms with Crippen molar-refractivity contribution in [2.24, 2.45) is 7.05 Å². The standard InChI is InChI=1S/C11H15N5O2/c1-16-10(8-14-15-16)7-12-9-2-3-11(13-6-9)18-5-4-17/h2-3,6,8,12,17H,4-5,7H2,1H3. The molecule has 2 aromatic rings. The van der Waals surface area contributed by atoms with E-state index in [2.05, 4.69) is 20.6 Å². The maximum atomic E-state index is 8.62. The molecule has 0 amide bonds. The van der Waals surface area contributed by atoms with E-state index < -0.39 is 0 Å². The number of anilines is 1. The van der Waals surface area contributed by atoms with Crippen molar-refractivity contribution in [1.82, 2.24) is 20.0 Å². The van der Waals surface area contributed by atoms with Gasteiger partial charge in [0.25, 0.3) is 0 Å². The Morgan fingerprint density at radius 2 is 2.28 bits per heavy atom. The van der Waals surface area contributed by atoms with Crippen molar-refractivity contribution in [3.63, 3.8) is 0 Å². The van der Waals surface area contributed by atoms with E-state index in [-0.39, 0.29) is 13.2 Å². The van der Waals surface area contributed by atoms with E-state index in [0.717, 1.165) is 11.4 Å². The van der Waals surface area contributed by atoms with Gasteiger partial charge in [0.15, 0.2) is 0 Å². The van der Waals surface area contributed by atoms with Gasteiger partial charge in [-0.05, 0) is 6.07 Å². The zero-order valence-corrected chi connectivity index (χ0v) is 10.1. The highest BCUT2D eigenvalue weighted by Crippen LogP contribution is 2.12. The van der Waals surface area contributed by atoms with Crippen LogP contribution in [0.5, 0.6) is 5.88 Å². The molecule has 2 heterocycles. The van der Waals surface area contributed by atoms with Crippen molar-refractivity contribution in [3.05, 3.63) is 30.2 Å². The summed E-state index contributed by atoms with van der Waals surface area (Å²) in [4.78, 5) is 4.10. The maximum Gasteiger partial charge on any atom is 0.213 e. The van der Waals surface area contributed by atoms with E-state index >= 15 is 0 Å². The predicted molar refractivity (Wildman–Crippen MR) is 65.1 cm³/mol. The third-order valence-corrected chi connectivity index (χ3v) is 2.36. The number of aromatic nitrogens is 4. The van der Waals surface area contributed by atoms with Crippen LogP contribution in [-0.4, -0.2) is 38.3 Å². The monoisotopic (exact) mass is 249 g/mol. The summed E-state index contributed by atoms with van der Waals surface area (Å²) in [6.07, 6.45) is 3.38. The van der Waals surface area contributed by atoms with E-state index in [0.29, 0.717) is 12.4 Å². The molecule has 0 aliphatic heterocycles. The molecule has 2 N–H and O–H groups in total. The topological polar surface area (TPSA) is 85.1 Å². The first-order chi connectivity index (χ1) is 8.79. The largest absolute Gasteiger partial charge is 0.475 e. The van der Waals surface area contributed by atoms with Crippen LogP contribution in [0.1, 0.15) is 5.69 Å². The van der Waals surface area contributed by atoms with Crippen molar-refractivity contribution in [1.29, 1.82) is 0 Å². The number of nitrogens with one attached hydrogen (secondary N) is 1. The third kappa shape index (κ3) is 3.17. The lowest BCUT2D eigenvalue weighted by Crippen LogP contribution is -2.06. The van der Waals surface area contributed by atoms with Gasteiger partial charge in [0.1, 0.15) is 6.61 Å². The summed E-state index contributed by atoms with van der Waals surface area (Å²) < 4.78 is 6.87. The average Bonchev–Trinajstić information content (AvgIpc) is 2.81. The van der Waals surface area contributed by atoms with Crippen molar-refractivity contribution in [2.75, 3.05) is 18.5 Å². The summed E-state index contributed by atoms with van der Waals surface area (Å²) in [5.41, 5.74) is 1.86. The fourth-order valence-corrected chi connectivity index (χ4v) is 1.38. The summed E-state index contributed by atoms with van der Waals surface area (Å²) in [5.74, 6) is 0.497. The Morgan fingerprint density at radius 1 is 1.39 bits per heavy atom. The second kappa shape index (κ2) is 5.97. The Labute approximate surface area is 104 Å². The molecule has 18 heavy (non-hydrogen) atoms. The lowest BCUT2D eigenvalue weighted by molar-refractivity contribution is 0.196. The van der Waals surface area contributed by atoms with Gasteiger partial charge in [-0.15, -0.1) is 5.10 Å². The van der Waals surface area contributed by atoms with Gasteiger partial charge in [-0.2, -0.15) is 0 Å². The number of pyridine rings is 1. The Kier molecular flexibility index (Phi) is 4.08. The number of nitrogens with zero attached hydrogens (tertiary/aromatic N) is 4. The van der Waals surface area contributed by atoms with E-state index in [9.17, 15) is 0 Å². The zero-order chi connectivity index (χ0) is 12.8. The molecule has 0 aliphatic rings. The van der Waals surface area contributed by atoms with Crippen LogP contribution in [-0.2, 0) is 13.6 Å². The molecule has 2 rings (SSSR count). The SMILES string of the molecule is Cn1nncc1CNc1ccc(OCCO)nc1. The Balaban J connectivity index is 1.88. The summed E-state index contributed by atoms with van der Waals surface area (Å²) in [5, 5.41) is 19.5. The highest BCUT2D eigenvalue weighted by molar-refractivity contribution is 5.42. The molecular formula is C11H15N5O2. The van der Waals surface area contributed by atoms with Gasteiger partial charge in [0, 0.05) is 13.1 Å². The average molecular weight is 249 g/mol. The number of rotatable bonds is 6. The van der Waals surface area contributed by atoms with E-state index in [1.165, 1.54) is 0 Å². The summed E-state index contributed by atoms with van der Waals surface area (Å²) >= 11 is 0. The third-order valence-electron chi connectivity index (χ3n) is 2.36. The lowest BCUT2D eigenvalue weighted by Gasteiger charge is -2.07. The fourth-order valence-electron chi connectivity index (χ4n) is 1.38. The van der Waals surface area contributed by atoms with Gasteiger partial charge in [-0.1, -0.05) is 5.21 Å². The number of aliphatic hydroxyl groups excluding tert-OH is 1. The van der Waals surface area contributed by atoms with Crippen LogP contribution in [0.25, 0.3) is 0 Å². The molecule has 0 atom stereocenters. The number of hydrogen-bond donors (Lipinski definition) is 2. The first kappa shape index (κ1) is 12.3. The minimum absolute atomic E-state index is 0.0187. The fraction of sp³-hybridized carbons (Fsp3) is 0.364. The van der Waals surface area contributed by atoms with Gasteiger partial charge in [0.2, 0.25) is 5.88 Å². The molecule has 0 bridgehead atoms. The molecular weight excluding hydrogens is 234 g/mol. The Hall–Kier alpha value is -2.15. The minimum Gasteiger partial charge on any atom is -0.475 e. The van der Waals surface area contributed by atoms with E-state index in [1.54, 1.807) is 23.1 Å². The maximum absolute atomic E-state index is 8.62. The van der Waals surface area contributed by atoms with Gasteiger partial charge < -0.3 is 15.2 Å². The molecule has 7 heteroatoms. The van der Waals surface area contributed by atoms with Crippen LogP contribution in [0, 0.1) is 0 Å². The first-order valence-electron chi connectivity index (χ1n) is 5.56. The van der Waals surface area contributed by atoms with Crippen LogP contribution in [0.3, 0.4) is 0 Å². The lowest BCUT2D eigenvalue weighted by atomic mass is 10.4. The van der Waals surface area contributed by atoms with Crippen molar-refractivity contribution >= 4 is 5.69 Å². The molecule has 7 nitrogen and oxygen atoms in total. The van der Waals surface area contributed by atoms with Gasteiger partial charge in [-0.3, -0.25) is 4.68 Å². The molecule has 0 aliphatic carbocycles. The van der Waals surface area contributed by atoms with Crippen LogP contribution in [0.15, 0.2) is 24.5 Å².